The van der Waals surface area contributed by atoms with Crippen LogP contribution >= 0.6 is 0 Å². The summed E-state index contributed by atoms with van der Waals surface area (Å²) in [6.07, 6.45) is 2.63. The first-order valence-electron chi connectivity index (χ1n) is 5.23. The van der Waals surface area contributed by atoms with Crippen LogP contribution < -0.4 is 0 Å². The third-order valence-electron chi connectivity index (χ3n) is 2.13. The molecular formula is C13H22O2. The highest BCUT2D eigenvalue weighted by Crippen LogP contribution is 2.24. The number of ether oxygens (including phenoxy) is 1. The van der Waals surface area contributed by atoms with Gasteiger partial charge in [-0.1, -0.05) is 25.5 Å². The van der Waals surface area contributed by atoms with E-state index >= 15 is 0 Å². The van der Waals surface area contributed by atoms with Gasteiger partial charge in [-0.3, -0.25) is 0 Å². The maximum absolute atomic E-state index is 11.4. The highest BCUT2D eigenvalue weighted by atomic mass is 16.5. The van der Waals surface area contributed by atoms with Crippen molar-refractivity contribution in [2.75, 3.05) is 6.61 Å². The van der Waals surface area contributed by atoms with E-state index in [1.54, 1.807) is 13.0 Å². The smallest absolute Gasteiger partial charge is 0.333 e. The van der Waals surface area contributed by atoms with Crippen LogP contribution in [0, 0.1) is 5.41 Å². The summed E-state index contributed by atoms with van der Waals surface area (Å²) in [6.45, 7) is 14.0. The summed E-state index contributed by atoms with van der Waals surface area (Å²) in [4.78, 5) is 11.4. The average molecular weight is 210 g/mol. The van der Waals surface area contributed by atoms with Gasteiger partial charge in [0.25, 0.3) is 0 Å². The van der Waals surface area contributed by atoms with Crippen LogP contribution in [-0.2, 0) is 9.53 Å². The number of carbonyl (C=O) groups excluding carboxylic acids is 1. The Morgan fingerprint density at radius 1 is 1.40 bits per heavy atom. The number of rotatable bonds is 5. The molecule has 0 heterocycles. The molecule has 0 aliphatic carbocycles. The van der Waals surface area contributed by atoms with Gasteiger partial charge in [-0.05, 0) is 27.2 Å². The van der Waals surface area contributed by atoms with E-state index in [0.717, 1.165) is 12.0 Å². The molecule has 0 N–H and O–H groups in total. The predicted molar refractivity (Wildman–Crippen MR) is 63.6 cm³/mol. The van der Waals surface area contributed by atoms with Crippen LogP contribution in [-0.4, -0.2) is 12.6 Å². The standard InChI is InChI=1S/C13H22O2/c1-7-11(4)12(14)15-9-13(5,6)8-10(2)3/h7H,2,8-9H2,1,3-6H3/b11-7+. The Morgan fingerprint density at radius 2 is 1.93 bits per heavy atom. The predicted octanol–water partition coefficient (Wildman–Crippen LogP) is 3.49. The molecule has 0 aliphatic rings. The molecule has 15 heavy (non-hydrogen) atoms. The molecule has 0 spiro atoms. The van der Waals surface area contributed by atoms with Crippen molar-refractivity contribution in [2.45, 2.75) is 41.0 Å². The molecule has 0 saturated heterocycles. The van der Waals surface area contributed by atoms with E-state index in [1.807, 2.05) is 13.8 Å². The Kier molecular flexibility index (Phi) is 5.34. The summed E-state index contributed by atoms with van der Waals surface area (Å²) in [5.41, 5.74) is 1.73. The first kappa shape index (κ1) is 13.9. The molecule has 0 bridgehead atoms. The van der Waals surface area contributed by atoms with E-state index in [1.165, 1.54) is 0 Å². The quantitative estimate of drug-likeness (QED) is 0.394. The fourth-order valence-electron chi connectivity index (χ4n) is 1.36. The molecule has 0 rings (SSSR count). The molecule has 0 aromatic carbocycles. The van der Waals surface area contributed by atoms with Crippen LogP contribution in [0.1, 0.15) is 41.0 Å². The molecular weight excluding hydrogens is 188 g/mol. The Bertz CT molecular complexity index is 272. The molecule has 86 valence electrons. The van der Waals surface area contributed by atoms with Crippen LogP contribution in [0.15, 0.2) is 23.8 Å². The highest BCUT2D eigenvalue weighted by Gasteiger charge is 2.20. The first-order chi connectivity index (χ1) is 6.78. The second kappa shape index (κ2) is 5.74. The van der Waals surface area contributed by atoms with Crippen molar-refractivity contribution in [2.24, 2.45) is 5.41 Å². The lowest BCUT2D eigenvalue weighted by Crippen LogP contribution is -2.22. The number of allylic oxidation sites excluding steroid dienone is 2. The lowest BCUT2D eigenvalue weighted by Gasteiger charge is -2.24. The molecule has 2 nitrogen and oxygen atoms in total. The Morgan fingerprint density at radius 3 is 2.33 bits per heavy atom. The minimum absolute atomic E-state index is 0.0322. The van der Waals surface area contributed by atoms with Gasteiger partial charge in [-0.25, -0.2) is 4.79 Å². The van der Waals surface area contributed by atoms with Gasteiger partial charge in [-0.15, -0.1) is 6.58 Å². The molecule has 0 radical (unpaired) electrons. The average Bonchev–Trinajstić information content (AvgIpc) is 2.11. The van der Waals surface area contributed by atoms with E-state index in [9.17, 15) is 4.79 Å². The van der Waals surface area contributed by atoms with E-state index in [2.05, 4.69) is 20.4 Å². The summed E-state index contributed by atoms with van der Waals surface area (Å²) in [5, 5.41) is 0. The molecule has 0 aromatic rings. The number of hydrogen-bond donors (Lipinski definition) is 0. The molecule has 0 amide bonds. The molecule has 0 atom stereocenters. The van der Waals surface area contributed by atoms with Crippen molar-refractivity contribution in [1.29, 1.82) is 0 Å². The van der Waals surface area contributed by atoms with Crippen molar-refractivity contribution in [3.05, 3.63) is 23.8 Å². The zero-order valence-electron chi connectivity index (χ0n) is 10.5. The summed E-state index contributed by atoms with van der Waals surface area (Å²) in [5.74, 6) is -0.229. The monoisotopic (exact) mass is 210 g/mol. The Balaban J connectivity index is 4.15. The van der Waals surface area contributed by atoms with Gasteiger partial charge in [0.15, 0.2) is 0 Å². The fraction of sp³-hybridized carbons (Fsp3) is 0.615. The molecule has 0 aliphatic heterocycles. The van der Waals surface area contributed by atoms with E-state index in [0.29, 0.717) is 12.2 Å². The third kappa shape index (κ3) is 6.10. The summed E-state index contributed by atoms with van der Waals surface area (Å²) < 4.78 is 5.21. The second-order valence-electron chi connectivity index (χ2n) is 4.85. The van der Waals surface area contributed by atoms with E-state index in [4.69, 9.17) is 4.74 Å². The van der Waals surface area contributed by atoms with E-state index in [-0.39, 0.29) is 11.4 Å². The number of hydrogen-bond acceptors (Lipinski definition) is 2. The lowest BCUT2D eigenvalue weighted by molar-refractivity contribution is -0.141. The SMILES string of the molecule is C=C(C)CC(C)(C)COC(=O)/C(C)=C/C. The van der Waals surface area contributed by atoms with Gasteiger partial charge < -0.3 is 4.74 Å². The van der Waals surface area contributed by atoms with Crippen molar-refractivity contribution in [3.63, 3.8) is 0 Å². The molecule has 0 unspecified atom stereocenters. The molecule has 2 heteroatoms. The molecule has 0 saturated carbocycles. The lowest BCUT2D eigenvalue weighted by atomic mass is 9.87. The van der Waals surface area contributed by atoms with Gasteiger partial charge in [0.2, 0.25) is 0 Å². The molecule has 0 fully saturated rings. The zero-order chi connectivity index (χ0) is 12.1. The van der Waals surface area contributed by atoms with Crippen molar-refractivity contribution in [3.8, 4) is 0 Å². The van der Waals surface area contributed by atoms with Crippen molar-refractivity contribution >= 4 is 5.97 Å². The Labute approximate surface area is 93.0 Å². The highest BCUT2D eigenvalue weighted by molar-refractivity contribution is 5.87. The first-order valence-corrected chi connectivity index (χ1v) is 5.23. The van der Waals surface area contributed by atoms with Gasteiger partial charge in [-0.2, -0.15) is 0 Å². The minimum atomic E-state index is -0.229. The largest absolute Gasteiger partial charge is 0.462 e. The third-order valence-corrected chi connectivity index (χ3v) is 2.13. The fourth-order valence-corrected chi connectivity index (χ4v) is 1.36. The van der Waals surface area contributed by atoms with Crippen LogP contribution in [0.3, 0.4) is 0 Å². The number of esters is 1. The van der Waals surface area contributed by atoms with Crippen LogP contribution in [0.4, 0.5) is 0 Å². The topological polar surface area (TPSA) is 26.3 Å². The van der Waals surface area contributed by atoms with Crippen LogP contribution in [0.2, 0.25) is 0 Å². The molecule has 0 aromatic heterocycles. The van der Waals surface area contributed by atoms with Gasteiger partial charge >= 0.3 is 5.97 Å². The Hall–Kier alpha value is -1.05. The van der Waals surface area contributed by atoms with Gasteiger partial charge in [0.1, 0.15) is 0 Å². The second-order valence-corrected chi connectivity index (χ2v) is 4.85. The maximum Gasteiger partial charge on any atom is 0.333 e. The summed E-state index contributed by atoms with van der Waals surface area (Å²) in [6, 6.07) is 0. The normalized spacial score (nSPS) is 12.5. The van der Waals surface area contributed by atoms with Crippen molar-refractivity contribution < 1.29 is 9.53 Å². The zero-order valence-corrected chi connectivity index (χ0v) is 10.5. The van der Waals surface area contributed by atoms with Gasteiger partial charge in [0.05, 0.1) is 6.61 Å². The minimum Gasteiger partial charge on any atom is -0.462 e. The van der Waals surface area contributed by atoms with Crippen LogP contribution in [0.25, 0.3) is 0 Å². The van der Waals surface area contributed by atoms with Crippen molar-refractivity contribution in [1.82, 2.24) is 0 Å². The maximum atomic E-state index is 11.4. The summed E-state index contributed by atoms with van der Waals surface area (Å²) in [7, 11) is 0. The van der Waals surface area contributed by atoms with E-state index < -0.39 is 0 Å². The van der Waals surface area contributed by atoms with Gasteiger partial charge in [0, 0.05) is 11.0 Å². The number of carbonyl (C=O) groups is 1. The summed E-state index contributed by atoms with van der Waals surface area (Å²) >= 11 is 0. The van der Waals surface area contributed by atoms with Crippen LogP contribution in [0.5, 0.6) is 0 Å².